The molecule has 3 heterocycles. The number of anilines is 2. The number of aromatic nitrogens is 6. The smallest absolute Gasteiger partial charge is 0.222 e. The zero-order valence-corrected chi connectivity index (χ0v) is 13.7. The van der Waals surface area contributed by atoms with Crippen LogP contribution in [0.2, 0.25) is 0 Å². The first-order chi connectivity index (χ1) is 11.7. The second-order valence-corrected chi connectivity index (χ2v) is 5.33. The number of methoxy groups -OCH3 is 1. The SMILES string of the molecule is CCCCNc1nc(N)nc2cn(Cc3cncnc3OC)nc12. The van der Waals surface area contributed by atoms with Crippen LogP contribution in [-0.4, -0.2) is 43.4 Å². The Morgan fingerprint density at radius 2 is 2.21 bits per heavy atom. The van der Waals surface area contributed by atoms with E-state index in [9.17, 15) is 0 Å². The summed E-state index contributed by atoms with van der Waals surface area (Å²) in [6.07, 6.45) is 7.12. The van der Waals surface area contributed by atoms with Crippen molar-refractivity contribution in [1.29, 1.82) is 0 Å². The molecule has 0 radical (unpaired) electrons. The number of unbranched alkanes of at least 4 members (excludes halogenated alkanes) is 1. The van der Waals surface area contributed by atoms with Gasteiger partial charge in [0, 0.05) is 12.7 Å². The van der Waals surface area contributed by atoms with Crippen molar-refractivity contribution in [2.24, 2.45) is 0 Å². The first-order valence-corrected chi connectivity index (χ1v) is 7.78. The molecule has 3 aromatic rings. The van der Waals surface area contributed by atoms with Gasteiger partial charge in [0.2, 0.25) is 11.8 Å². The molecule has 0 atom stereocenters. The molecule has 24 heavy (non-hydrogen) atoms. The maximum Gasteiger partial charge on any atom is 0.222 e. The van der Waals surface area contributed by atoms with Crippen LogP contribution in [0.15, 0.2) is 18.7 Å². The summed E-state index contributed by atoms with van der Waals surface area (Å²) in [5.41, 5.74) is 8.01. The molecule has 3 rings (SSSR count). The van der Waals surface area contributed by atoms with Crippen molar-refractivity contribution in [2.45, 2.75) is 26.3 Å². The van der Waals surface area contributed by atoms with Crippen LogP contribution in [0.5, 0.6) is 5.88 Å². The molecule has 9 heteroatoms. The quantitative estimate of drug-likeness (QED) is 0.626. The van der Waals surface area contributed by atoms with E-state index < -0.39 is 0 Å². The number of nitrogens with one attached hydrogen (secondary N) is 1. The van der Waals surface area contributed by atoms with Gasteiger partial charge >= 0.3 is 0 Å². The van der Waals surface area contributed by atoms with E-state index in [0.29, 0.717) is 29.3 Å². The van der Waals surface area contributed by atoms with Crippen molar-refractivity contribution in [1.82, 2.24) is 29.7 Å². The summed E-state index contributed by atoms with van der Waals surface area (Å²) in [7, 11) is 1.58. The molecule has 126 valence electrons. The minimum absolute atomic E-state index is 0.224. The van der Waals surface area contributed by atoms with Crippen molar-refractivity contribution in [3.63, 3.8) is 0 Å². The third-order valence-corrected chi connectivity index (χ3v) is 3.52. The van der Waals surface area contributed by atoms with Gasteiger partial charge in [-0.1, -0.05) is 13.3 Å². The molecule has 0 aliphatic carbocycles. The summed E-state index contributed by atoms with van der Waals surface area (Å²) in [4.78, 5) is 16.6. The maximum atomic E-state index is 5.80. The first-order valence-electron chi connectivity index (χ1n) is 7.78. The Bertz CT molecular complexity index is 831. The van der Waals surface area contributed by atoms with Crippen molar-refractivity contribution in [3.05, 3.63) is 24.3 Å². The van der Waals surface area contributed by atoms with Crippen LogP contribution < -0.4 is 15.8 Å². The summed E-state index contributed by atoms with van der Waals surface area (Å²) in [6, 6.07) is 0. The lowest BCUT2D eigenvalue weighted by Crippen LogP contribution is -2.07. The van der Waals surface area contributed by atoms with E-state index in [-0.39, 0.29) is 5.95 Å². The van der Waals surface area contributed by atoms with Crippen molar-refractivity contribution >= 4 is 22.8 Å². The highest BCUT2D eigenvalue weighted by molar-refractivity contribution is 5.85. The zero-order valence-electron chi connectivity index (χ0n) is 13.7. The molecule has 0 bridgehead atoms. The van der Waals surface area contributed by atoms with Crippen molar-refractivity contribution in [3.8, 4) is 5.88 Å². The van der Waals surface area contributed by atoms with Gasteiger partial charge in [0.25, 0.3) is 0 Å². The molecule has 0 aliphatic rings. The van der Waals surface area contributed by atoms with Gasteiger partial charge < -0.3 is 15.8 Å². The summed E-state index contributed by atoms with van der Waals surface area (Å²) in [5, 5.41) is 7.84. The van der Waals surface area contributed by atoms with Crippen molar-refractivity contribution in [2.75, 3.05) is 24.7 Å². The van der Waals surface area contributed by atoms with Crippen LogP contribution in [0.3, 0.4) is 0 Å². The van der Waals surface area contributed by atoms with Gasteiger partial charge in [-0.3, -0.25) is 4.68 Å². The largest absolute Gasteiger partial charge is 0.481 e. The number of nitrogens with two attached hydrogens (primary N) is 1. The summed E-state index contributed by atoms with van der Waals surface area (Å²) in [5.74, 6) is 1.40. The van der Waals surface area contributed by atoms with E-state index in [1.54, 1.807) is 18.0 Å². The fourth-order valence-electron chi connectivity index (χ4n) is 2.38. The van der Waals surface area contributed by atoms with E-state index in [2.05, 4.69) is 37.3 Å². The van der Waals surface area contributed by atoms with Gasteiger partial charge in [-0.05, 0) is 6.42 Å². The summed E-state index contributed by atoms with van der Waals surface area (Å²) < 4.78 is 7.00. The third-order valence-electron chi connectivity index (χ3n) is 3.52. The Balaban J connectivity index is 1.91. The average molecular weight is 328 g/mol. The monoisotopic (exact) mass is 328 g/mol. The van der Waals surface area contributed by atoms with Crippen LogP contribution in [0.1, 0.15) is 25.3 Å². The lowest BCUT2D eigenvalue weighted by atomic mass is 10.3. The van der Waals surface area contributed by atoms with Gasteiger partial charge in [0.15, 0.2) is 11.3 Å². The minimum atomic E-state index is 0.224. The van der Waals surface area contributed by atoms with E-state index in [4.69, 9.17) is 10.5 Å². The second kappa shape index (κ2) is 7.07. The molecular weight excluding hydrogens is 308 g/mol. The molecular formula is C15H20N8O. The Hall–Kier alpha value is -2.97. The molecule has 0 saturated carbocycles. The predicted octanol–water partition coefficient (Wildman–Crippen LogP) is 1.47. The molecule has 3 aromatic heterocycles. The second-order valence-electron chi connectivity index (χ2n) is 5.33. The van der Waals surface area contributed by atoms with Gasteiger partial charge in [-0.15, -0.1) is 0 Å². The Kier molecular flexibility index (Phi) is 4.69. The van der Waals surface area contributed by atoms with E-state index >= 15 is 0 Å². The molecule has 0 amide bonds. The number of nitrogen functional groups attached to an aromatic ring is 1. The first kappa shape index (κ1) is 15.9. The molecule has 0 fully saturated rings. The van der Waals surface area contributed by atoms with Crippen LogP contribution in [0, 0.1) is 0 Å². The zero-order chi connectivity index (χ0) is 16.9. The summed E-state index contributed by atoms with van der Waals surface area (Å²) in [6.45, 7) is 3.42. The number of fused-ring (bicyclic) bond motifs is 1. The van der Waals surface area contributed by atoms with Gasteiger partial charge in [0.1, 0.15) is 11.8 Å². The highest BCUT2D eigenvalue weighted by Crippen LogP contribution is 2.21. The predicted molar refractivity (Wildman–Crippen MR) is 90.8 cm³/mol. The van der Waals surface area contributed by atoms with Gasteiger partial charge in [0.05, 0.1) is 25.4 Å². The summed E-state index contributed by atoms with van der Waals surface area (Å²) >= 11 is 0. The Labute approximate surface area is 139 Å². The number of nitrogens with zero attached hydrogens (tertiary/aromatic N) is 6. The number of rotatable bonds is 7. The molecule has 0 saturated heterocycles. The topological polar surface area (TPSA) is 117 Å². The van der Waals surface area contributed by atoms with Gasteiger partial charge in [-0.2, -0.15) is 10.1 Å². The molecule has 0 unspecified atom stereocenters. The Morgan fingerprint density at radius 1 is 1.33 bits per heavy atom. The third kappa shape index (κ3) is 3.34. The van der Waals surface area contributed by atoms with Crippen LogP contribution in [-0.2, 0) is 6.54 Å². The van der Waals surface area contributed by atoms with E-state index in [1.165, 1.54) is 6.33 Å². The average Bonchev–Trinajstić information content (AvgIpc) is 2.98. The van der Waals surface area contributed by atoms with E-state index in [1.807, 2.05) is 6.20 Å². The number of hydrogen-bond acceptors (Lipinski definition) is 8. The molecule has 0 spiro atoms. The Morgan fingerprint density at radius 3 is 3.00 bits per heavy atom. The van der Waals surface area contributed by atoms with Crippen LogP contribution in [0.25, 0.3) is 11.0 Å². The normalized spacial score (nSPS) is 10.9. The number of ether oxygens (including phenoxy) is 1. The van der Waals surface area contributed by atoms with Crippen LogP contribution >= 0.6 is 0 Å². The minimum Gasteiger partial charge on any atom is -0.481 e. The molecule has 3 N–H and O–H groups in total. The van der Waals surface area contributed by atoms with Crippen LogP contribution in [0.4, 0.5) is 11.8 Å². The lowest BCUT2D eigenvalue weighted by Gasteiger charge is -2.06. The highest BCUT2D eigenvalue weighted by atomic mass is 16.5. The fraction of sp³-hybridized carbons (Fsp3) is 0.400. The fourth-order valence-corrected chi connectivity index (χ4v) is 2.38. The molecule has 9 nitrogen and oxygen atoms in total. The maximum absolute atomic E-state index is 5.80. The lowest BCUT2D eigenvalue weighted by molar-refractivity contribution is 0.389. The standard InChI is InChI=1S/C15H20N8O/c1-3-4-5-18-13-12-11(20-15(16)21-13)8-23(22-12)7-10-6-17-9-19-14(10)24-2/h6,8-9H,3-5,7H2,1-2H3,(H3,16,18,20,21). The van der Waals surface area contributed by atoms with Crippen molar-refractivity contribution < 1.29 is 4.74 Å². The van der Waals surface area contributed by atoms with E-state index in [0.717, 1.165) is 24.9 Å². The highest BCUT2D eigenvalue weighted by Gasteiger charge is 2.12. The molecule has 0 aliphatic heterocycles. The number of hydrogen-bond donors (Lipinski definition) is 2. The van der Waals surface area contributed by atoms with Gasteiger partial charge in [-0.25, -0.2) is 15.0 Å². The molecule has 0 aromatic carbocycles.